The van der Waals surface area contributed by atoms with Gasteiger partial charge in [0.15, 0.2) is 5.58 Å². The van der Waals surface area contributed by atoms with Crippen LogP contribution in [0, 0.1) is 0 Å². The second-order valence-electron chi connectivity index (χ2n) is 5.19. The lowest BCUT2D eigenvalue weighted by Crippen LogP contribution is -2.26. The Balaban J connectivity index is 1.94. The summed E-state index contributed by atoms with van der Waals surface area (Å²) >= 11 is 0. The van der Waals surface area contributed by atoms with Crippen LogP contribution in [0.25, 0.3) is 11.1 Å². The van der Waals surface area contributed by atoms with E-state index < -0.39 is 6.10 Å². The van der Waals surface area contributed by atoms with E-state index in [1.807, 2.05) is 19.1 Å². The molecule has 20 heavy (non-hydrogen) atoms. The molecule has 2 heterocycles. The number of rotatable bonds is 3. The van der Waals surface area contributed by atoms with E-state index in [1.165, 1.54) is 0 Å². The standard InChI is InChI=1S/C15H19NO4/c1-2-16-11-7-6-10(9-13(11)20-15(16)18)14(17)12-5-3-4-8-19-12/h6-7,9,12,14,17H,2-5,8H2,1H3. The third-order valence-corrected chi connectivity index (χ3v) is 3.92. The van der Waals surface area contributed by atoms with Crippen molar-refractivity contribution < 1.29 is 14.3 Å². The number of aryl methyl sites for hydroxylation is 1. The summed E-state index contributed by atoms with van der Waals surface area (Å²) in [5.41, 5.74) is 2.02. The van der Waals surface area contributed by atoms with Crippen LogP contribution in [0.1, 0.15) is 37.9 Å². The summed E-state index contributed by atoms with van der Waals surface area (Å²) in [6.07, 6.45) is 2.15. The minimum absolute atomic E-state index is 0.166. The average Bonchev–Trinajstić information content (AvgIpc) is 2.81. The van der Waals surface area contributed by atoms with Crippen molar-refractivity contribution in [2.45, 2.75) is 44.9 Å². The Labute approximate surface area is 116 Å². The fourth-order valence-corrected chi connectivity index (χ4v) is 2.80. The molecule has 1 aromatic carbocycles. The van der Waals surface area contributed by atoms with E-state index in [2.05, 4.69) is 0 Å². The molecule has 1 aliphatic heterocycles. The van der Waals surface area contributed by atoms with Crippen LogP contribution < -0.4 is 5.76 Å². The lowest BCUT2D eigenvalue weighted by molar-refractivity contribution is -0.0633. The molecule has 3 rings (SSSR count). The number of hydrogen-bond donors (Lipinski definition) is 1. The van der Waals surface area contributed by atoms with Gasteiger partial charge in [0.05, 0.1) is 11.6 Å². The molecular weight excluding hydrogens is 258 g/mol. The lowest BCUT2D eigenvalue weighted by atomic mass is 9.98. The molecule has 2 unspecified atom stereocenters. The Morgan fingerprint density at radius 3 is 3.00 bits per heavy atom. The van der Waals surface area contributed by atoms with E-state index in [4.69, 9.17) is 9.15 Å². The Kier molecular flexibility index (Phi) is 3.63. The van der Waals surface area contributed by atoms with Crippen molar-refractivity contribution in [3.63, 3.8) is 0 Å². The first-order chi connectivity index (χ1) is 9.70. The highest BCUT2D eigenvalue weighted by atomic mass is 16.5. The number of fused-ring (bicyclic) bond motifs is 1. The molecular formula is C15H19NO4. The zero-order valence-electron chi connectivity index (χ0n) is 11.5. The van der Waals surface area contributed by atoms with E-state index in [0.717, 1.165) is 30.3 Å². The van der Waals surface area contributed by atoms with Crippen LogP contribution in [0.4, 0.5) is 0 Å². The van der Waals surface area contributed by atoms with Crippen molar-refractivity contribution in [3.05, 3.63) is 34.3 Å². The van der Waals surface area contributed by atoms with E-state index in [-0.39, 0.29) is 11.9 Å². The van der Waals surface area contributed by atoms with Crippen LogP contribution in [-0.4, -0.2) is 22.4 Å². The maximum Gasteiger partial charge on any atom is 0.419 e. The van der Waals surface area contributed by atoms with Gasteiger partial charge in [0.2, 0.25) is 0 Å². The number of ether oxygens (including phenoxy) is 1. The second kappa shape index (κ2) is 5.42. The molecule has 0 aliphatic carbocycles. The van der Waals surface area contributed by atoms with Gasteiger partial charge in [-0.1, -0.05) is 6.07 Å². The monoisotopic (exact) mass is 277 g/mol. The van der Waals surface area contributed by atoms with Gasteiger partial charge in [-0.25, -0.2) is 4.79 Å². The molecule has 1 saturated heterocycles. The highest BCUT2D eigenvalue weighted by molar-refractivity contribution is 5.73. The first-order valence-electron chi connectivity index (χ1n) is 7.13. The predicted molar refractivity (Wildman–Crippen MR) is 74.7 cm³/mol. The summed E-state index contributed by atoms with van der Waals surface area (Å²) in [5.74, 6) is -0.358. The zero-order chi connectivity index (χ0) is 14.1. The molecule has 0 saturated carbocycles. The molecule has 1 N–H and O–H groups in total. The summed E-state index contributed by atoms with van der Waals surface area (Å²) < 4.78 is 12.4. The number of benzene rings is 1. The van der Waals surface area contributed by atoms with Crippen LogP contribution in [0.5, 0.6) is 0 Å². The van der Waals surface area contributed by atoms with Crippen LogP contribution in [0.2, 0.25) is 0 Å². The minimum atomic E-state index is -0.671. The first kappa shape index (κ1) is 13.4. The molecule has 1 aromatic heterocycles. The zero-order valence-corrected chi connectivity index (χ0v) is 11.5. The van der Waals surface area contributed by atoms with Crippen LogP contribution >= 0.6 is 0 Å². The van der Waals surface area contributed by atoms with Crippen molar-refractivity contribution in [3.8, 4) is 0 Å². The highest BCUT2D eigenvalue weighted by Crippen LogP contribution is 2.28. The van der Waals surface area contributed by atoms with Gasteiger partial charge in [-0.15, -0.1) is 0 Å². The maximum absolute atomic E-state index is 11.7. The predicted octanol–water partition coefficient (Wildman–Crippen LogP) is 2.22. The number of hydrogen-bond acceptors (Lipinski definition) is 4. The summed E-state index contributed by atoms with van der Waals surface area (Å²) in [7, 11) is 0. The van der Waals surface area contributed by atoms with Crippen molar-refractivity contribution in [1.29, 1.82) is 0 Å². The Bertz CT molecular complexity index is 651. The van der Waals surface area contributed by atoms with Gasteiger partial charge in [0.25, 0.3) is 0 Å². The van der Waals surface area contributed by atoms with Gasteiger partial charge in [-0.05, 0) is 43.9 Å². The van der Waals surface area contributed by atoms with E-state index in [1.54, 1.807) is 10.6 Å². The van der Waals surface area contributed by atoms with E-state index in [9.17, 15) is 9.90 Å². The molecule has 0 radical (unpaired) electrons. The van der Waals surface area contributed by atoms with Gasteiger partial charge in [0.1, 0.15) is 6.10 Å². The van der Waals surface area contributed by atoms with Gasteiger partial charge in [-0.3, -0.25) is 4.57 Å². The van der Waals surface area contributed by atoms with Crippen LogP contribution in [-0.2, 0) is 11.3 Å². The number of aliphatic hydroxyl groups is 1. The smallest absolute Gasteiger partial charge is 0.408 e. The molecule has 5 nitrogen and oxygen atoms in total. The Morgan fingerprint density at radius 2 is 2.30 bits per heavy atom. The Morgan fingerprint density at radius 1 is 1.45 bits per heavy atom. The molecule has 0 bridgehead atoms. The van der Waals surface area contributed by atoms with E-state index >= 15 is 0 Å². The molecule has 1 fully saturated rings. The van der Waals surface area contributed by atoms with Gasteiger partial charge < -0.3 is 14.3 Å². The fraction of sp³-hybridized carbons (Fsp3) is 0.533. The summed E-state index contributed by atoms with van der Waals surface area (Å²) in [6, 6.07) is 5.41. The third-order valence-electron chi connectivity index (χ3n) is 3.92. The van der Waals surface area contributed by atoms with Crippen LogP contribution in [0.15, 0.2) is 27.4 Å². The lowest BCUT2D eigenvalue weighted by Gasteiger charge is -2.27. The molecule has 5 heteroatoms. The summed E-state index contributed by atoms with van der Waals surface area (Å²) in [5, 5.41) is 10.4. The summed E-state index contributed by atoms with van der Waals surface area (Å²) in [6.45, 7) is 3.17. The number of nitrogens with zero attached hydrogens (tertiary/aromatic N) is 1. The van der Waals surface area contributed by atoms with Crippen molar-refractivity contribution in [1.82, 2.24) is 4.57 Å². The van der Waals surface area contributed by atoms with Crippen molar-refractivity contribution >= 4 is 11.1 Å². The molecule has 0 spiro atoms. The minimum Gasteiger partial charge on any atom is -0.408 e. The Hall–Kier alpha value is -1.59. The number of aromatic nitrogens is 1. The van der Waals surface area contributed by atoms with Gasteiger partial charge in [-0.2, -0.15) is 0 Å². The topological polar surface area (TPSA) is 64.6 Å². The highest BCUT2D eigenvalue weighted by Gasteiger charge is 2.24. The van der Waals surface area contributed by atoms with Crippen LogP contribution in [0.3, 0.4) is 0 Å². The number of aliphatic hydroxyl groups excluding tert-OH is 1. The molecule has 1 aliphatic rings. The summed E-state index contributed by atoms with van der Waals surface area (Å²) in [4.78, 5) is 11.7. The average molecular weight is 277 g/mol. The van der Waals surface area contributed by atoms with Crippen molar-refractivity contribution in [2.75, 3.05) is 6.61 Å². The SMILES string of the molecule is CCn1c(=O)oc2cc(C(O)C3CCCCO3)ccc21. The normalized spacial score (nSPS) is 21.2. The third kappa shape index (κ3) is 2.27. The molecule has 0 amide bonds. The van der Waals surface area contributed by atoms with E-state index in [0.29, 0.717) is 18.7 Å². The number of oxazole rings is 1. The van der Waals surface area contributed by atoms with Crippen molar-refractivity contribution in [2.24, 2.45) is 0 Å². The fourth-order valence-electron chi connectivity index (χ4n) is 2.80. The largest absolute Gasteiger partial charge is 0.419 e. The van der Waals surface area contributed by atoms with Gasteiger partial charge in [0, 0.05) is 13.2 Å². The van der Waals surface area contributed by atoms with Gasteiger partial charge >= 0.3 is 5.76 Å². The second-order valence-corrected chi connectivity index (χ2v) is 5.19. The molecule has 2 atom stereocenters. The molecule has 2 aromatic rings. The quantitative estimate of drug-likeness (QED) is 0.934. The molecule has 108 valence electrons. The first-order valence-corrected chi connectivity index (χ1v) is 7.13. The maximum atomic E-state index is 11.7.